The summed E-state index contributed by atoms with van der Waals surface area (Å²) in [7, 11) is 0. The fraction of sp³-hybridized carbons (Fsp3) is 0.143. The molecule has 5 heteroatoms. The van der Waals surface area contributed by atoms with E-state index >= 15 is 0 Å². The van der Waals surface area contributed by atoms with Gasteiger partial charge in [0.05, 0.1) is 5.69 Å². The van der Waals surface area contributed by atoms with Crippen molar-refractivity contribution in [3.05, 3.63) is 22.9 Å². The molecule has 1 rings (SSSR count). The van der Waals surface area contributed by atoms with E-state index in [9.17, 15) is 4.79 Å². The van der Waals surface area contributed by atoms with Crippen molar-refractivity contribution in [3.8, 4) is 0 Å². The van der Waals surface area contributed by atoms with Crippen LogP contribution in [0.2, 0.25) is 0 Å². The van der Waals surface area contributed by atoms with Crippen molar-refractivity contribution in [2.45, 2.75) is 6.92 Å². The van der Waals surface area contributed by atoms with E-state index in [-0.39, 0.29) is 5.91 Å². The molecule has 0 aromatic carbocycles. The maximum absolute atomic E-state index is 9.22. The second-order valence-electron chi connectivity index (χ2n) is 2.05. The number of primary amides is 1. The van der Waals surface area contributed by atoms with Gasteiger partial charge in [0.2, 0.25) is 5.91 Å². The molecular formula is C7H10BrN3O. The van der Waals surface area contributed by atoms with Crippen LogP contribution >= 0.6 is 15.9 Å². The first-order valence-corrected chi connectivity index (χ1v) is 3.93. The van der Waals surface area contributed by atoms with Gasteiger partial charge in [0, 0.05) is 23.8 Å². The monoisotopic (exact) mass is 231 g/mol. The molecule has 1 amide bonds. The fourth-order valence-electron chi connectivity index (χ4n) is 0.428. The van der Waals surface area contributed by atoms with E-state index in [1.807, 2.05) is 0 Å². The molecule has 1 aromatic rings. The number of carbonyl (C=O) groups excluding carboxylic acids is 1. The van der Waals surface area contributed by atoms with Gasteiger partial charge in [-0.3, -0.25) is 9.78 Å². The van der Waals surface area contributed by atoms with E-state index in [0.29, 0.717) is 5.69 Å². The minimum Gasteiger partial charge on any atom is -0.397 e. The normalized spacial score (nSPS) is 8.17. The van der Waals surface area contributed by atoms with Crippen LogP contribution in [0.4, 0.5) is 5.69 Å². The summed E-state index contributed by atoms with van der Waals surface area (Å²) in [6, 6.07) is 1.80. The highest BCUT2D eigenvalue weighted by Crippen LogP contribution is 2.09. The Morgan fingerprint density at radius 3 is 2.33 bits per heavy atom. The van der Waals surface area contributed by atoms with E-state index in [1.54, 1.807) is 18.5 Å². The van der Waals surface area contributed by atoms with E-state index in [4.69, 9.17) is 5.73 Å². The maximum atomic E-state index is 9.22. The van der Waals surface area contributed by atoms with Crippen LogP contribution in [-0.2, 0) is 4.79 Å². The summed E-state index contributed by atoms with van der Waals surface area (Å²) in [6.07, 6.45) is 3.29. The summed E-state index contributed by atoms with van der Waals surface area (Å²) in [6.45, 7) is 1.31. The highest BCUT2D eigenvalue weighted by molar-refractivity contribution is 9.10. The van der Waals surface area contributed by atoms with Crippen molar-refractivity contribution in [2.24, 2.45) is 5.73 Å². The summed E-state index contributed by atoms with van der Waals surface area (Å²) >= 11 is 3.22. The van der Waals surface area contributed by atoms with Crippen molar-refractivity contribution in [1.29, 1.82) is 0 Å². The third-order valence-electron chi connectivity index (χ3n) is 0.726. The van der Waals surface area contributed by atoms with Gasteiger partial charge in [-0.15, -0.1) is 0 Å². The van der Waals surface area contributed by atoms with Gasteiger partial charge >= 0.3 is 0 Å². The Labute approximate surface area is 79.1 Å². The lowest BCUT2D eigenvalue weighted by Gasteiger charge is -1.88. The topological polar surface area (TPSA) is 82.0 Å². The minimum absolute atomic E-state index is 0.333. The van der Waals surface area contributed by atoms with Crippen LogP contribution in [0.15, 0.2) is 22.9 Å². The second-order valence-corrected chi connectivity index (χ2v) is 2.96. The molecule has 1 aromatic heterocycles. The van der Waals surface area contributed by atoms with E-state index < -0.39 is 0 Å². The van der Waals surface area contributed by atoms with Gasteiger partial charge in [-0.2, -0.15) is 0 Å². The second kappa shape index (κ2) is 5.54. The number of pyridine rings is 1. The molecule has 0 saturated carbocycles. The number of halogens is 1. The molecule has 0 fully saturated rings. The largest absolute Gasteiger partial charge is 0.397 e. The van der Waals surface area contributed by atoms with Gasteiger partial charge < -0.3 is 11.5 Å². The maximum Gasteiger partial charge on any atom is 0.214 e. The quantitative estimate of drug-likeness (QED) is 0.697. The van der Waals surface area contributed by atoms with Gasteiger partial charge in [0.1, 0.15) is 0 Å². The molecule has 0 aliphatic heterocycles. The van der Waals surface area contributed by atoms with Crippen molar-refractivity contribution in [3.63, 3.8) is 0 Å². The average Bonchev–Trinajstić information content (AvgIpc) is 1.84. The van der Waals surface area contributed by atoms with Crippen LogP contribution < -0.4 is 11.5 Å². The fourth-order valence-corrected chi connectivity index (χ4v) is 0.811. The zero-order chi connectivity index (χ0) is 9.56. The van der Waals surface area contributed by atoms with Crippen LogP contribution in [0.25, 0.3) is 0 Å². The van der Waals surface area contributed by atoms with Crippen molar-refractivity contribution >= 4 is 27.5 Å². The molecule has 0 spiro atoms. The van der Waals surface area contributed by atoms with Gasteiger partial charge in [-0.05, 0) is 22.0 Å². The number of rotatable bonds is 0. The number of amides is 1. The number of hydrogen-bond acceptors (Lipinski definition) is 3. The van der Waals surface area contributed by atoms with E-state index in [2.05, 4.69) is 26.6 Å². The Hall–Kier alpha value is -1.10. The zero-order valence-corrected chi connectivity index (χ0v) is 8.21. The van der Waals surface area contributed by atoms with Gasteiger partial charge in [0.15, 0.2) is 0 Å². The highest BCUT2D eigenvalue weighted by atomic mass is 79.9. The zero-order valence-electron chi connectivity index (χ0n) is 6.62. The number of carbonyl (C=O) groups is 1. The predicted octanol–water partition coefficient (Wildman–Crippen LogP) is 0.918. The first kappa shape index (κ1) is 10.9. The lowest BCUT2D eigenvalue weighted by Crippen LogP contribution is -2.01. The van der Waals surface area contributed by atoms with Crippen LogP contribution in [-0.4, -0.2) is 10.9 Å². The van der Waals surface area contributed by atoms with Crippen molar-refractivity contribution in [1.82, 2.24) is 4.98 Å². The Kier molecular flexibility index (Phi) is 5.03. The van der Waals surface area contributed by atoms with E-state index in [0.717, 1.165) is 4.47 Å². The van der Waals surface area contributed by atoms with Crippen LogP contribution in [0.1, 0.15) is 6.92 Å². The van der Waals surface area contributed by atoms with Crippen LogP contribution in [0.5, 0.6) is 0 Å². The Balaban J connectivity index is 0.000000261. The smallest absolute Gasteiger partial charge is 0.214 e. The van der Waals surface area contributed by atoms with Gasteiger partial charge in [0.25, 0.3) is 0 Å². The molecule has 4 nitrogen and oxygen atoms in total. The number of nitrogens with two attached hydrogens (primary N) is 2. The molecule has 0 radical (unpaired) electrons. The highest BCUT2D eigenvalue weighted by Gasteiger charge is 1.84. The summed E-state index contributed by atoms with van der Waals surface area (Å²) in [4.78, 5) is 13.0. The lowest BCUT2D eigenvalue weighted by molar-refractivity contribution is -0.115. The number of hydrogen-bond donors (Lipinski definition) is 2. The van der Waals surface area contributed by atoms with Crippen molar-refractivity contribution < 1.29 is 4.79 Å². The first-order chi connectivity index (χ1) is 5.52. The predicted molar refractivity (Wildman–Crippen MR) is 51.2 cm³/mol. The summed E-state index contributed by atoms with van der Waals surface area (Å²) in [5.41, 5.74) is 10.5. The molecule has 12 heavy (non-hydrogen) atoms. The Bertz CT molecular complexity index is 243. The molecule has 0 atom stereocenters. The molecular weight excluding hydrogens is 222 g/mol. The van der Waals surface area contributed by atoms with Crippen LogP contribution in [0, 0.1) is 0 Å². The molecule has 0 aliphatic carbocycles. The van der Waals surface area contributed by atoms with Crippen LogP contribution in [0.3, 0.4) is 0 Å². The van der Waals surface area contributed by atoms with Gasteiger partial charge in [-0.1, -0.05) is 0 Å². The average molecular weight is 232 g/mol. The third kappa shape index (κ3) is 7.01. The molecule has 0 saturated heterocycles. The number of nitrogen functional groups attached to an aromatic ring is 1. The molecule has 1 heterocycles. The lowest BCUT2D eigenvalue weighted by atomic mass is 10.4. The summed E-state index contributed by atoms with van der Waals surface area (Å²) in [5.74, 6) is -0.333. The van der Waals surface area contributed by atoms with Crippen molar-refractivity contribution in [2.75, 3.05) is 5.73 Å². The van der Waals surface area contributed by atoms with Gasteiger partial charge in [-0.25, -0.2) is 0 Å². The SMILES string of the molecule is CC(N)=O.Nc1cncc(Br)c1. The number of aromatic nitrogens is 1. The number of nitrogens with zero attached hydrogens (tertiary/aromatic N) is 1. The first-order valence-electron chi connectivity index (χ1n) is 3.14. The minimum atomic E-state index is -0.333. The molecule has 0 unspecified atom stereocenters. The van der Waals surface area contributed by atoms with E-state index in [1.165, 1.54) is 6.92 Å². The molecule has 0 bridgehead atoms. The Morgan fingerprint density at radius 2 is 2.08 bits per heavy atom. The summed E-state index contributed by atoms with van der Waals surface area (Å²) in [5, 5.41) is 0. The molecule has 66 valence electrons. The number of anilines is 1. The summed E-state index contributed by atoms with van der Waals surface area (Å²) < 4.78 is 0.914. The standard InChI is InChI=1S/C5H5BrN2.C2H5NO/c6-4-1-5(7)3-8-2-4;1-2(3)4/h1-3H,7H2;1H3,(H2,3,4). The molecule has 0 aliphatic rings. The third-order valence-corrected chi connectivity index (χ3v) is 1.16. The molecule has 4 N–H and O–H groups in total. The Morgan fingerprint density at radius 1 is 1.58 bits per heavy atom.